The smallest absolute Gasteiger partial charge is 0.221 e. The van der Waals surface area contributed by atoms with Crippen LogP contribution in [0.15, 0.2) is 6.33 Å². The molecule has 0 bridgehead atoms. The molecular weight excluding hydrogens is 250 g/mol. The fraction of sp³-hybridized carbons (Fsp3) is 0.692. The van der Waals surface area contributed by atoms with Crippen LogP contribution in [0.3, 0.4) is 0 Å². The van der Waals surface area contributed by atoms with Crippen LogP contribution in [0.1, 0.15) is 32.8 Å². The zero-order valence-corrected chi connectivity index (χ0v) is 12.3. The molecule has 1 rings (SSSR count). The number of ether oxygens (including phenoxy) is 1. The molecule has 4 nitrogen and oxygen atoms in total. The van der Waals surface area contributed by atoms with Crippen LogP contribution in [0.2, 0.25) is 0 Å². The van der Waals surface area contributed by atoms with Gasteiger partial charge in [-0.05, 0) is 25.7 Å². The largest absolute Gasteiger partial charge is 0.478 e. The lowest BCUT2D eigenvalue weighted by molar-refractivity contribution is 0.323. The van der Waals surface area contributed by atoms with Crippen LogP contribution >= 0.6 is 11.6 Å². The predicted octanol–water partition coefficient (Wildman–Crippen LogP) is 3.25. The van der Waals surface area contributed by atoms with Crippen molar-refractivity contribution < 1.29 is 4.74 Å². The second kappa shape index (κ2) is 6.78. The molecule has 1 aromatic heterocycles. The monoisotopic (exact) mass is 271 g/mol. The van der Waals surface area contributed by atoms with Crippen molar-refractivity contribution in [3.8, 4) is 5.88 Å². The van der Waals surface area contributed by atoms with E-state index in [9.17, 15) is 0 Å². The molecule has 1 heterocycles. The topological polar surface area (TPSA) is 47.0 Å². The molecule has 0 atom stereocenters. The number of nitrogens with one attached hydrogen (secondary N) is 1. The van der Waals surface area contributed by atoms with E-state index in [1.165, 1.54) is 6.33 Å². The third kappa shape index (κ3) is 4.33. The highest BCUT2D eigenvalue weighted by Gasteiger charge is 2.18. The molecular formula is C13H22ClN3O. The molecule has 1 N–H and O–H groups in total. The minimum absolute atomic E-state index is 0.144. The lowest BCUT2D eigenvalue weighted by atomic mass is 9.90. The molecule has 0 radical (unpaired) electrons. The Morgan fingerprint density at radius 3 is 2.72 bits per heavy atom. The van der Waals surface area contributed by atoms with E-state index in [1.54, 1.807) is 0 Å². The van der Waals surface area contributed by atoms with Crippen molar-refractivity contribution in [3.63, 3.8) is 0 Å². The average molecular weight is 272 g/mol. The Bertz CT molecular complexity index is 382. The molecule has 0 aliphatic heterocycles. The first-order valence-electron chi connectivity index (χ1n) is 6.24. The standard InChI is InChI=1S/C13H22ClN3O/c1-5-18-12-10(2)11(16-9-17-12)15-8-13(3,4)6-7-14/h9H,5-8H2,1-4H3,(H,15,16,17). The van der Waals surface area contributed by atoms with E-state index >= 15 is 0 Å². The molecule has 0 spiro atoms. The van der Waals surface area contributed by atoms with Crippen LogP contribution in [-0.2, 0) is 0 Å². The van der Waals surface area contributed by atoms with Gasteiger partial charge in [0.25, 0.3) is 0 Å². The van der Waals surface area contributed by atoms with Gasteiger partial charge in [0.15, 0.2) is 0 Å². The van der Waals surface area contributed by atoms with Crippen molar-refractivity contribution in [2.75, 3.05) is 24.3 Å². The van der Waals surface area contributed by atoms with Crippen LogP contribution < -0.4 is 10.1 Å². The van der Waals surface area contributed by atoms with Crippen LogP contribution in [0, 0.1) is 12.3 Å². The first-order valence-corrected chi connectivity index (χ1v) is 6.78. The first-order chi connectivity index (χ1) is 8.50. The van der Waals surface area contributed by atoms with Gasteiger partial charge in [0.2, 0.25) is 5.88 Å². The van der Waals surface area contributed by atoms with Crippen LogP contribution in [0.5, 0.6) is 5.88 Å². The van der Waals surface area contributed by atoms with E-state index in [0.29, 0.717) is 18.4 Å². The second-order valence-electron chi connectivity index (χ2n) is 5.04. The van der Waals surface area contributed by atoms with Crippen LogP contribution in [-0.4, -0.2) is 29.0 Å². The highest BCUT2D eigenvalue weighted by molar-refractivity contribution is 6.17. The number of halogens is 1. The molecule has 0 aliphatic rings. The number of anilines is 1. The Kier molecular flexibility index (Phi) is 5.66. The third-order valence-corrected chi connectivity index (χ3v) is 3.01. The zero-order valence-electron chi connectivity index (χ0n) is 11.6. The number of alkyl halides is 1. The second-order valence-corrected chi connectivity index (χ2v) is 5.42. The SMILES string of the molecule is CCOc1ncnc(NCC(C)(C)CCCl)c1C. The number of rotatable bonds is 7. The molecule has 0 unspecified atom stereocenters. The number of hydrogen-bond donors (Lipinski definition) is 1. The third-order valence-electron chi connectivity index (χ3n) is 2.82. The maximum atomic E-state index is 5.79. The van der Waals surface area contributed by atoms with Gasteiger partial charge in [-0.25, -0.2) is 9.97 Å². The van der Waals surface area contributed by atoms with Gasteiger partial charge in [0.05, 0.1) is 12.2 Å². The van der Waals surface area contributed by atoms with Gasteiger partial charge in [-0.15, -0.1) is 11.6 Å². The van der Waals surface area contributed by atoms with E-state index in [0.717, 1.165) is 24.3 Å². The molecule has 0 aromatic carbocycles. The summed E-state index contributed by atoms with van der Waals surface area (Å²) in [6, 6.07) is 0. The van der Waals surface area contributed by atoms with Crippen molar-refractivity contribution in [2.45, 2.75) is 34.1 Å². The van der Waals surface area contributed by atoms with E-state index in [4.69, 9.17) is 16.3 Å². The summed E-state index contributed by atoms with van der Waals surface area (Å²) in [4.78, 5) is 8.36. The fourth-order valence-corrected chi connectivity index (χ4v) is 2.07. The molecule has 0 fully saturated rings. The molecule has 1 aromatic rings. The summed E-state index contributed by atoms with van der Waals surface area (Å²) in [7, 11) is 0. The molecule has 0 aliphatic carbocycles. The molecule has 0 saturated carbocycles. The van der Waals surface area contributed by atoms with Crippen molar-refractivity contribution in [3.05, 3.63) is 11.9 Å². The van der Waals surface area contributed by atoms with Gasteiger partial charge in [0.1, 0.15) is 12.1 Å². The summed E-state index contributed by atoms with van der Waals surface area (Å²) < 4.78 is 5.44. The van der Waals surface area contributed by atoms with Crippen molar-refractivity contribution in [1.29, 1.82) is 0 Å². The van der Waals surface area contributed by atoms with E-state index in [-0.39, 0.29) is 5.41 Å². The van der Waals surface area contributed by atoms with Crippen LogP contribution in [0.4, 0.5) is 5.82 Å². The summed E-state index contributed by atoms with van der Waals surface area (Å²) in [6.45, 7) is 9.70. The maximum absolute atomic E-state index is 5.79. The number of aromatic nitrogens is 2. The predicted molar refractivity (Wildman–Crippen MR) is 75.5 cm³/mol. The summed E-state index contributed by atoms with van der Waals surface area (Å²) in [5, 5.41) is 3.35. The lowest BCUT2D eigenvalue weighted by Crippen LogP contribution is -2.24. The first kappa shape index (κ1) is 15.0. The van der Waals surface area contributed by atoms with Gasteiger partial charge in [0, 0.05) is 12.4 Å². The Balaban J connectivity index is 2.70. The zero-order chi connectivity index (χ0) is 13.6. The summed E-state index contributed by atoms with van der Waals surface area (Å²) in [5.41, 5.74) is 1.09. The molecule has 5 heteroatoms. The van der Waals surface area contributed by atoms with Gasteiger partial charge in [-0.1, -0.05) is 13.8 Å². The Morgan fingerprint density at radius 2 is 2.11 bits per heavy atom. The van der Waals surface area contributed by atoms with Crippen LogP contribution in [0.25, 0.3) is 0 Å². The van der Waals surface area contributed by atoms with Crippen molar-refractivity contribution in [1.82, 2.24) is 9.97 Å². The molecule has 0 saturated heterocycles. The lowest BCUT2D eigenvalue weighted by Gasteiger charge is -2.24. The normalized spacial score (nSPS) is 11.4. The summed E-state index contributed by atoms with van der Waals surface area (Å²) in [5.74, 6) is 2.14. The Morgan fingerprint density at radius 1 is 1.39 bits per heavy atom. The van der Waals surface area contributed by atoms with Gasteiger partial charge >= 0.3 is 0 Å². The molecule has 0 amide bonds. The number of nitrogens with zero attached hydrogens (tertiary/aromatic N) is 2. The summed E-state index contributed by atoms with van der Waals surface area (Å²) >= 11 is 5.79. The van der Waals surface area contributed by atoms with E-state index in [2.05, 4.69) is 29.1 Å². The molecule has 102 valence electrons. The fourth-order valence-electron chi connectivity index (χ4n) is 1.56. The van der Waals surface area contributed by atoms with Gasteiger partial charge in [-0.3, -0.25) is 0 Å². The van der Waals surface area contributed by atoms with Gasteiger partial charge in [-0.2, -0.15) is 0 Å². The highest BCUT2D eigenvalue weighted by atomic mass is 35.5. The van der Waals surface area contributed by atoms with Gasteiger partial charge < -0.3 is 10.1 Å². The Hall–Kier alpha value is -1.03. The minimum atomic E-state index is 0.144. The van der Waals surface area contributed by atoms with Crippen molar-refractivity contribution >= 4 is 17.4 Å². The van der Waals surface area contributed by atoms with E-state index < -0.39 is 0 Å². The highest BCUT2D eigenvalue weighted by Crippen LogP contribution is 2.24. The average Bonchev–Trinajstić information content (AvgIpc) is 2.30. The summed E-state index contributed by atoms with van der Waals surface area (Å²) in [6.07, 6.45) is 2.48. The minimum Gasteiger partial charge on any atom is -0.478 e. The van der Waals surface area contributed by atoms with Crippen molar-refractivity contribution in [2.24, 2.45) is 5.41 Å². The Labute approximate surface area is 114 Å². The maximum Gasteiger partial charge on any atom is 0.221 e. The quantitative estimate of drug-likeness (QED) is 0.774. The molecule has 18 heavy (non-hydrogen) atoms. The van der Waals surface area contributed by atoms with E-state index in [1.807, 2.05) is 13.8 Å². The number of hydrogen-bond acceptors (Lipinski definition) is 4.